The minimum absolute atomic E-state index is 0.163. The number of rotatable bonds is 8. The smallest absolute Gasteiger partial charge is 0.426 e. The summed E-state index contributed by atoms with van der Waals surface area (Å²) in [5.41, 5.74) is -28.7. The van der Waals surface area contributed by atoms with E-state index in [9.17, 15) is 130 Å². The predicted octanol–water partition coefficient (Wildman–Crippen LogP) is 11.3. The van der Waals surface area contributed by atoms with Crippen molar-refractivity contribution in [3.8, 4) is 0 Å². The molecule has 0 aliphatic heterocycles. The van der Waals surface area contributed by atoms with Crippen molar-refractivity contribution in [1.82, 2.24) is 0 Å². The number of hydrogen-bond donors (Lipinski definition) is 2. The number of carbonyl (C=O) groups is 2. The molecule has 0 saturated heterocycles. The normalized spacial score (nSPS) is 33.2. The monoisotopic (exact) mass is 1030 g/mol. The Bertz CT molecular complexity index is 1740. The number of alkyl halides is 26. The summed E-state index contributed by atoms with van der Waals surface area (Å²) in [5, 5.41) is 19.1. The van der Waals surface area contributed by atoms with Crippen molar-refractivity contribution in [2.45, 2.75) is 162 Å². The average molecular weight is 1030 g/mol. The SMILES string of the molecule is CCC(C)(C(=O)OC1CC(C(O)(C(F)(F)F)C(F)(F)F)CC(C(O)(C(F)(F)F)C(F)(F)F)C1)C(F)(F)F.CCC(C)(C(=O)OC1CC2CC1C1(F)C(F)(F)C(F)(F)C(F)(F)C21F)C(F)(F)F. The van der Waals surface area contributed by atoms with Crippen LogP contribution in [0.25, 0.3) is 0 Å². The van der Waals surface area contributed by atoms with E-state index in [2.05, 4.69) is 9.47 Å². The largest absolute Gasteiger partial charge is 0.462 e. The maximum atomic E-state index is 15.2. The van der Waals surface area contributed by atoms with Crippen molar-refractivity contribution < 1.29 is 143 Å². The molecule has 32 heteroatoms. The molecule has 0 aromatic rings. The van der Waals surface area contributed by atoms with E-state index < -0.39 is 181 Å². The summed E-state index contributed by atoms with van der Waals surface area (Å²) in [6, 6.07) is 0. The van der Waals surface area contributed by atoms with Gasteiger partial charge in [0.1, 0.15) is 12.2 Å². The molecule has 0 aromatic heterocycles. The summed E-state index contributed by atoms with van der Waals surface area (Å²) in [6.07, 6.45) is -53.3. The first-order chi connectivity index (χ1) is 28.8. The van der Waals surface area contributed by atoms with E-state index in [1.54, 1.807) is 0 Å². The zero-order valence-electron chi connectivity index (χ0n) is 33.3. The molecule has 0 aromatic carbocycles. The van der Waals surface area contributed by atoms with Crippen molar-refractivity contribution >= 4 is 11.9 Å². The molecule has 2 N–H and O–H groups in total. The van der Waals surface area contributed by atoms with E-state index in [0.29, 0.717) is 6.92 Å². The van der Waals surface area contributed by atoms with Gasteiger partial charge in [0.2, 0.25) is 11.3 Å². The van der Waals surface area contributed by atoms with E-state index in [0.717, 1.165) is 13.8 Å². The maximum Gasteiger partial charge on any atom is 0.426 e. The second-order valence-electron chi connectivity index (χ2n) is 16.9. The van der Waals surface area contributed by atoms with Crippen LogP contribution in [0.3, 0.4) is 0 Å². The Morgan fingerprint density at radius 3 is 1.09 bits per heavy atom. The number of aliphatic hydroxyl groups is 2. The van der Waals surface area contributed by atoms with Gasteiger partial charge in [-0.2, -0.15) is 105 Å². The fourth-order valence-corrected chi connectivity index (χ4v) is 8.80. The van der Waals surface area contributed by atoms with Crippen molar-refractivity contribution in [2.24, 2.45) is 34.5 Å². The van der Waals surface area contributed by atoms with Crippen molar-refractivity contribution in [3.63, 3.8) is 0 Å². The molecular formula is C34H34F26O6. The van der Waals surface area contributed by atoms with Crippen LogP contribution in [0.1, 0.15) is 72.6 Å². The van der Waals surface area contributed by atoms with Crippen LogP contribution in [-0.2, 0) is 19.1 Å². The molecule has 0 amide bonds. The molecule has 0 spiro atoms. The van der Waals surface area contributed by atoms with Crippen LogP contribution in [0.2, 0.25) is 0 Å². The van der Waals surface area contributed by atoms with Gasteiger partial charge in [0.25, 0.3) is 11.2 Å². The quantitative estimate of drug-likeness (QED) is 0.186. The Balaban J connectivity index is 0.000000359. The van der Waals surface area contributed by atoms with Gasteiger partial charge in [0, 0.05) is 23.7 Å². The molecule has 0 radical (unpaired) electrons. The molecule has 4 rings (SSSR count). The maximum absolute atomic E-state index is 15.2. The molecule has 9 atom stereocenters. The number of carbonyl (C=O) groups excluding carboxylic acids is 2. The van der Waals surface area contributed by atoms with Gasteiger partial charge in [-0.05, 0) is 58.8 Å². The lowest BCUT2D eigenvalue weighted by Crippen LogP contribution is -2.67. The van der Waals surface area contributed by atoms with Gasteiger partial charge in [-0.3, -0.25) is 9.59 Å². The first-order valence-electron chi connectivity index (χ1n) is 18.6. The zero-order valence-corrected chi connectivity index (χ0v) is 33.3. The second-order valence-corrected chi connectivity index (χ2v) is 16.9. The van der Waals surface area contributed by atoms with Gasteiger partial charge >= 0.3 is 66.8 Å². The van der Waals surface area contributed by atoms with Crippen LogP contribution >= 0.6 is 0 Å². The number of halogens is 26. The molecule has 4 aliphatic rings. The topological polar surface area (TPSA) is 93.1 Å². The lowest BCUT2D eigenvalue weighted by atomic mass is 9.65. The summed E-state index contributed by atoms with van der Waals surface area (Å²) in [6.45, 7) is 2.26. The average Bonchev–Trinajstić information content (AvgIpc) is 3.67. The van der Waals surface area contributed by atoms with E-state index >= 15 is 4.39 Å². The minimum atomic E-state index is -6.77. The lowest BCUT2D eigenvalue weighted by Gasteiger charge is -2.48. The van der Waals surface area contributed by atoms with Crippen LogP contribution in [0.5, 0.6) is 0 Å². The lowest BCUT2D eigenvalue weighted by molar-refractivity contribution is -0.405. The first-order valence-corrected chi connectivity index (χ1v) is 18.6. The third-order valence-electron chi connectivity index (χ3n) is 13.5. The van der Waals surface area contributed by atoms with Gasteiger partial charge in [-0.25, -0.2) is 8.78 Å². The van der Waals surface area contributed by atoms with Gasteiger partial charge in [-0.15, -0.1) is 0 Å². The first kappa shape index (κ1) is 57.4. The second kappa shape index (κ2) is 16.0. The third-order valence-corrected chi connectivity index (χ3v) is 13.5. The summed E-state index contributed by atoms with van der Waals surface area (Å²) in [5.74, 6) is -35.5. The molecule has 4 aliphatic carbocycles. The van der Waals surface area contributed by atoms with E-state index in [-0.39, 0.29) is 6.92 Å². The summed E-state index contributed by atoms with van der Waals surface area (Å²) in [7, 11) is 0. The molecule has 2 bridgehead atoms. The van der Waals surface area contributed by atoms with E-state index in [1.807, 2.05) is 0 Å². The van der Waals surface area contributed by atoms with Crippen LogP contribution in [-0.4, -0.2) is 112 Å². The highest BCUT2D eigenvalue weighted by atomic mass is 19.4. The van der Waals surface area contributed by atoms with Crippen LogP contribution in [0.15, 0.2) is 0 Å². The van der Waals surface area contributed by atoms with Gasteiger partial charge in [0.15, 0.2) is 10.8 Å². The number of fused-ring (bicyclic) bond motifs is 5. The van der Waals surface area contributed by atoms with Crippen molar-refractivity contribution in [1.29, 1.82) is 0 Å². The minimum Gasteiger partial charge on any atom is -0.462 e. The molecular weight excluding hydrogens is 998 g/mol. The molecule has 388 valence electrons. The molecule has 66 heavy (non-hydrogen) atoms. The third kappa shape index (κ3) is 7.61. The van der Waals surface area contributed by atoms with E-state index in [1.165, 1.54) is 0 Å². The summed E-state index contributed by atoms with van der Waals surface area (Å²) >= 11 is 0. The van der Waals surface area contributed by atoms with Crippen molar-refractivity contribution in [3.05, 3.63) is 0 Å². The number of esters is 2. The number of ether oxygens (including phenoxy) is 2. The zero-order chi connectivity index (χ0) is 52.5. The summed E-state index contributed by atoms with van der Waals surface area (Å²) < 4.78 is 361. The molecule has 6 nitrogen and oxygen atoms in total. The van der Waals surface area contributed by atoms with Gasteiger partial charge < -0.3 is 19.7 Å². The Kier molecular flexibility index (Phi) is 13.9. The van der Waals surface area contributed by atoms with Crippen molar-refractivity contribution in [2.75, 3.05) is 0 Å². The highest BCUT2D eigenvalue weighted by molar-refractivity contribution is 5.78. The Morgan fingerprint density at radius 1 is 0.470 bits per heavy atom. The highest BCUT2D eigenvalue weighted by Crippen LogP contribution is 2.79. The Hall–Kier alpha value is -2.96. The van der Waals surface area contributed by atoms with Gasteiger partial charge in [0.05, 0.1) is 0 Å². The van der Waals surface area contributed by atoms with Gasteiger partial charge in [-0.1, -0.05) is 13.8 Å². The summed E-state index contributed by atoms with van der Waals surface area (Å²) in [4.78, 5) is 24.2. The predicted molar refractivity (Wildman–Crippen MR) is 162 cm³/mol. The molecule has 0 heterocycles. The fourth-order valence-electron chi connectivity index (χ4n) is 8.80. The molecule has 4 fully saturated rings. The molecule has 9 unspecified atom stereocenters. The Morgan fingerprint density at radius 2 is 0.788 bits per heavy atom. The van der Waals surface area contributed by atoms with Crippen LogP contribution in [0.4, 0.5) is 114 Å². The van der Waals surface area contributed by atoms with E-state index in [4.69, 9.17) is 0 Å². The molecule has 4 saturated carbocycles. The standard InChI is InChI=1S/C18H19F15O4.C16H15F11O2/c1-3-11(2,14(19,20)21)10(34)37-9-5-7(12(35,15(22,23)24)16(25,26)27)4-8(6-9)13(36,17(28,29)30)18(31,32)33;1-3-10(2,16(25,26)27)9(28)29-8-5-6-4-7(8)12(18)11(6,17)13(19,20)15(23,24)14(12,21)22/h7-9,35-36H,3-6H2,1-2H3;6-8H,3-5H2,1-2H3. The highest BCUT2D eigenvalue weighted by Gasteiger charge is 3.04. The van der Waals surface area contributed by atoms with Crippen LogP contribution < -0.4 is 0 Å². The Labute approximate surface area is 352 Å². The number of hydrogen-bond acceptors (Lipinski definition) is 6. The fraction of sp³-hybridized carbons (Fsp3) is 0.941. The van der Waals surface area contributed by atoms with Crippen LogP contribution in [0, 0.1) is 34.5 Å².